The number of rotatable bonds is 3. The van der Waals surface area contributed by atoms with E-state index in [0.29, 0.717) is 6.61 Å². The van der Waals surface area contributed by atoms with Crippen molar-refractivity contribution >= 4 is 15.9 Å². The average Bonchev–Trinajstić information content (AvgIpc) is 2.31. The predicted molar refractivity (Wildman–Crippen MR) is 42.5 cm³/mol. The summed E-state index contributed by atoms with van der Waals surface area (Å²) >= 11 is 3.26. The summed E-state index contributed by atoms with van der Waals surface area (Å²) in [6, 6.07) is 0. The summed E-state index contributed by atoms with van der Waals surface area (Å²) in [6.45, 7) is 0.686. The predicted octanol–water partition coefficient (Wildman–Crippen LogP) is 1.19. The monoisotopic (exact) mass is 204 g/mol. The minimum Gasteiger partial charge on any atom is -0.489 e. The Balaban J connectivity index is 2.42. The van der Waals surface area contributed by atoms with Gasteiger partial charge in [-0.25, -0.2) is 0 Å². The topological polar surface area (TPSA) is 27.1 Å². The zero-order valence-electron chi connectivity index (χ0n) is 5.75. The maximum absolute atomic E-state index is 5.25. The second kappa shape index (κ2) is 3.61. The van der Waals surface area contributed by atoms with Crippen molar-refractivity contribution in [1.29, 1.82) is 0 Å². The van der Waals surface area contributed by atoms with E-state index in [2.05, 4.69) is 21.0 Å². The maximum atomic E-state index is 5.25. The van der Waals surface area contributed by atoms with Crippen LogP contribution < -0.4 is 4.74 Å². The molecule has 0 aliphatic heterocycles. The fourth-order valence-electron chi connectivity index (χ4n) is 0.630. The Labute approximate surface area is 68.1 Å². The van der Waals surface area contributed by atoms with E-state index >= 15 is 0 Å². The average molecular weight is 205 g/mol. The van der Waals surface area contributed by atoms with Crippen LogP contribution in [-0.2, 0) is 7.05 Å². The molecule has 4 heteroatoms. The Bertz CT molecular complexity index is 199. The highest BCUT2D eigenvalue weighted by molar-refractivity contribution is 9.09. The highest BCUT2D eigenvalue weighted by Crippen LogP contribution is 2.06. The van der Waals surface area contributed by atoms with Gasteiger partial charge < -0.3 is 4.74 Å². The summed E-state index contributed by atoms with van der Waals surface area (Å²) in [4.78, 5) is 0. The number of hydrogen-bond donors (Lipinski definition) is 0. The van der Waals surface area contributed by atoms with Gasteiger partial charge in [-0.3, -0.25) is 4.68 Å². The van der Waals surface area contributed by atoms with Crippen LogP contribution in [0.25, 0.3) is 0 Å². The Morgan fingerprint density at radius 2 is 2.60 bits per heavy atom. The zero-order chi connectivity index (χ0) is 7.40. The second-order valence-electron chi connectivity index (χ2n) is 1.89. The molecule has 1 rings (SSSR count). The van der Waals surface area contributed by atoms with Gasteiger partial charge in [0, 0.05) is 12.4 Å². The molecule has 0 N–H and O–H groups in total. The van der Waals surface area contributed by atoms with Crippen molar-refractivity contribution in [2.75, 3.05) is 11.9 Å². The molecule has 0 spiro atoms. The lowest BCUT2D eigenvalue weighted by atomic mass is 10.6. The first-order chi connectivity index (χ1) is 4.83. The molecule has 0 amide bonds. The van der Waals surface area contributed by atoms with Crippen LogP contribution in [0.3, 0.4) is 0 Å². The number of alkyl halides is 1. The summed E-state index contributed by atoms with van der Waals surface area (Å²) in [5.74, 6) is 0.821. The quantitative estimate of drug-likeness (QED) is 0.693. The minimum atomic E-state index is 0.686. The van der Waals surface area contributed by atoms with Gasteiger partial charge >= 0.3 is 0 Å². The van der Waals surface area contributed by atoms with Crippen molar-refractivity contribution in [1.82, 2.24) is 9.78 Å². The number of ether oxygens (including phenoxy) is 1. The van der Waals surface area contributed by atoms with Gasteiger partial charge in [0.2, 0.25) is 0 Å². The molecule has 10 heavy (non-hydrogen) atoms. The Hall–Kier alpha value is -0.510. The molecule has 1 heterocycles. The van der Waals surface area contributed by atoms with Gasteiger partial charge in [0.05, 0.1) is 19.0 Å². The molecule has 56 valence electrons. The van der Waals surface area contributed by atoms with Crippen LogP contribution in [0.15, 0.2) is 12.4 Å². The lowest BCUT2D eigenvalue weighted by Gasteiger charge is -1.96. The van der Waals surface area contributed by atoms with Gasteiger partial charge in [-0.15, -0.1) is 0 Å². The second-order valence-corrected chi connectivity index (χ2v) is 2.68. The Morgan fingerprint density at radius 3 is 3.10 bits per heavy atom. The third-order valence-corrected chi connectivity index (χ3v) is 1.35. The molecule has 0 aliphatic carbocycles. The van der Waals surface area contributed by atoms with E-state index in [-0.39, 0.29) is 0 Å². The van der Waals surface area contributed by atoms with E-state index < -0.39 is 0 Å². The van der Waals surface area contributed by atoms with Gasteiger partial charge in [-0.2, -0.15) is 5.10 Å². The van der Waals surface area contributed by atoms with Crippen LogP contribution in [0.1, 0.15) is 0 Å². The van der Waals surface area contributed by atoms with Crippen LogP contribution in [0.4, 0.5) is 0 Å². The summed E-state index contributed by atoms with van der Waals surface area (Å²) < 4.78 is 6.96. The Kier molecular flexibility index (Phi) is 2.74. The molecule has 1 aromatic rings. The molecule has 0 fully saturated rings. The van der Waals surface area contributed by atoms with E-state index in [9.17, 15) is 0 Å². The van der Waals surface area contributed by atoms with Gasteiger partial charge in [0.1, 0.15) is 0 Å². The first-order valence-electron chi connectivity index (χ1n) is 3.00. The maximum Gasteiger partial charge on any atom is 0.157 e. The number of aryl methyl sites for hydroxylation is 1. The van der Waals surface area contributed by atoms with Crippen LogP contribution in [0, 0.1) is 0 Å². The van der Waals surface area contributed by atoms with E-state index in [4.69, 9.17) is 4.74 Å². The normalized spacial score (nSPS) is 9.80. The molecular formula is C6H9BrN2O. The van der Waals surface area contributed by atoms with E-state index in [1.165, 1.54) is 0 Å². The van der Waals surface area contributed by atoms with Crippen LogP contribution >= 0.6 is 15.9 Å². The van der Waals surface area contributed by atoms with Gasteiger partial charge in [0.15, 0.2) is 5.75 Å². The van der Waals surface area contributed by atoms with Crippen molar-refractivity contribution in [3.8, 4) is 5.75 Å². The third kappa shape index (κ3) is 2.02. The smallest absolute Gasteiger partial charge is 0.157 e. The number of aromatic nitrogens is 2. The van der Waals surface area contributed by atoms with Crippen LogP contribution in [0.2, 0.25) is 0 Å². The molecular weight excluding hydrogens is 196 g/mol. The highest BCUT2D eigenvalue weighted by atomic mass is 79.9. The molecule has 0 atom stereocenters. The van der Waals surface area contributed by atoms with Gasteiger partial charge in [-0.05, 0) is 0 Å². The fraction of sp³-hybridized carbons (Fsp3) is 0.500. The fourth-order valence-corrected chi connectivity index (χ4v) is 0.792. The summed E-state index contributed by atoms with van der Waals surface area (Å²) in [5, 5.41) is 4.79. The lowest BCUT2D eigenvalue weighted by Crippen LogP contribution is -1.96. The third-order valence-electron chi connectivity index (χ3n) is 1.03. The first kappa shape index (κ1) is 7.60. The molecule has 0 radical (unpaired) electrons. The minimum absolute atomic E-state index is 0.686. The lowest BCUT2D eigenvalue weighted by molar-refractivity contribution is 0.345. The van der Waals surface area contributed by atoms with E-state index in [1.807, 2.05) is 13.2 Å². The largest absolute Gasteiger partial charge is 0.489 e. The standard InChI is InChI=1S/C6H9BrN2O/c1-9-5-6(4-8-9)10-3-2-7/h4-5H,2-3H2,1H3. The highest BCUT2D eigenvalue weighted by Gasteiger charge is 1.93. The van der Waals surface area contributed by atoms with Gasteiger partial charge in [0.25, 0.3) is 0 Å². The molecule has 0 aromatic carbocycles. The van der Waals surface area contributed by atoms with E-state index in [0.717, 1.165) is 11.1 Å². The summed E-state index contributed by atoms with van der Waals surface area (Å²) in [5.41, 5.74) is 0. The molecule has 0 saturated heterocycles. The number of nitrogens with zero attached hydrogens (tertiary/aromatic N) is 2. The van der Waals surface area contributed by atoms with Crippen molar-refractivity contribution in [2.24, 2.45) is 7.05 Å². The molecule has 0 saturated carbocycles. The number of halogens is 1. The summed E-state index contributed by atoms with van der Waals surface area (Å²) in [6.07, 6.45) is 3.53. The van der Waals surface area contributed by atoms with Crippen molar-refractivity contribution < 1.29 is 4.74 Å². The summed E-state index contributed by atoms with van der Waals surface area (Å²) in [7, 11) is 1.86. The Morgan fingerprint density at radius 1 is 1.80 bits per heavy atom. The van der Waals surface area contributed by atoms with Crippen LogP contribution in [-0.4, -0.2) is 21.7 Å². The molecule has 0 aliphatic rings. The zero-order valence-corrected chi connectivity index (χ0v) is 7.34. The van der Waals surface area contributed by atoms with E-state index in [1.54, 1.807) is 10.9 Å². The van der Waals surface area contributed by atoms with Crippen molar-refractivity contribution in [3.63, 3.8) is 0 Å². The number of hydrogen-bond acceptors (Lipinski definition) is 2. The van der Waals surface area contributed by atoms with Crippen molar-refractivity contribution in [3.05, 3.63) is 12.4 Å². The SMILES string of the molecule is Cn1cc(OCCBr)cn1. The first-order valence-corrected chi connectivity index (χ1v) is 4.12. The molecule has 3 nitrogen and oxygen atoms in total. The molecule has 1 aromatic heterocycles. The van der Waals surface area contributed by atoms with Crippen molar-refractivity contribution in [2.45, 2.75) is 0 Å². The molecule has 0 unspecified atom stereocenters. The van der Waals surface area contributed by atoms with Gasteiger partial charge in [-0.1, -0.05) is 15.9 Å². The van der Waals surface area contributed by atoms with Crippen LogP contribution in [0.5, 0.6) is 5.75 Å². The molecule has 0 bridgehead atoms.